The van der Waals surface area contributed by atoms with Crippen LogP contribution in [0.4, 0.5) is 0 Å². The number of hydrogen-bond acceptors (Lipinski definition) is 3. The van der Waals surface area contributed by atoms with Gasteiger partial charge < -0.3 is 14.4 Å². The third-order valence-corrected chi connectivity index (χ3v) is 1.88. The maximum atomic E-state index is 5.45. The van der Waals surface area contributed by atoms with E-state index in [-0.39, 0.29) is 6.29 Å². The zero-order valence-corrected chi connectivity index (χ0v) is 7.38. The monoisotopic (exact) mass is 159 g/mol. The van der Waals surface area contributed by atoms with E-state index < -0.39 is 0 Å². The molecule has 3 nitrogen and oxygen atoms in total. The first-order chi connectivity index (χ1) is 5.33. The fraction of sp³-hybridized carbons (Fsp3) is 1.00. The van der Waals surface area contributed by atoms with Crippen molar-refractivity contribution < 1.29 is 9.47 Å². The molecule has 0 amide bonds. The van der Waals surface area contributed by atoms with Gasteiger partial charge in [-0.05, 0) is 14.0 Å². The quantitative estimate of drug-likeness (QED) is 0.592. The topological polar surface area (TPSA) is 21.7 Å². The fourth-order valence-electron chi connectivity index (χ4n) is 1.18. The molecule has 1 atom stereocenters. The Balaban J connectivity index is 2.22. The van der Waals surface area contributed by atoms with Gasteiger partial charge in [0.05, 0.1) is 6.61 Å². The molecule has 0 radical (unpaired) electrons. The number of nitrogens with zero attached hydrogens (tertiary/aromatic N) is 1. The molecule has 0 aromatic carbocycles. The lowest BCUT2D eigenvalue weighted by molar-refractivity contribution is -0.133. The number of rotatable bonds is 2. The number of hydrogen-bond donors (Lipinski definition) is 0. The highest BCUT2D eigenvalue weighted by Crippen LogP contribution is 2.06. The van der Waals surface area contributed by atoms with Crippen molar-refractivity contribution in [2.75, 3.05) is 33.4 Å². The van der Waals surface area contributed by atoms with Gasteiger partial charge in [0.2, 0.25) is 0 Å². The smallest absolute Gasteiger partial charge is 0.158 e. The van der Waals surface area contributed by atoms with Crippen LogP contribution in [0.5, 0.6) is 0 Å². The van der Waals surface area contributed by atoms with Crippen LogP contribution in [0.1, 0.15) is 13.3 Å². The summed E-state index contributed by atoms with van der Waals surface area (Å²) in [5.74, 6) is 0. The van der Waals surface area contributed by atoms with Gasteiger partial charge in [-0.3, -0.25) is 0 Å². The van der Waals surface area contributed by atoms with E-state index in [1.54, 1.807) is 0 Å². The maximum absolute atomic E-state index is 5.45. The molecule has 0 bridgehead atoms. The number of ether oxygens (including phenoxy) is 2. The van der Waals surface area contributed by atoms with Gasteiger partial charge in [-0.25, -0.2) is 0 Å². The van der Waals surface area contributed by atoms with E-state index in [4.69, 9.17) is 9.47 Å². The van der Waals surface area contributed by atoms with Gasteiger partial charge >= 0.3 is 0 Å². The van der Waals surface area contributed by atoms with E-state index in [1.165, 1.54) is 0 Å². The van der Waals surface area contributed by atoms with E-state index in [0.29, 0.717) is 0 Å². The van der Waals surface area contributed by atoms with Crippen LogP contribution < -0.4 is 0 Å². The summed E-state index contributed by atoms with van der Waals surface area (Å²) in [4.78, 5) is 2.26. The Morgan fingerprint density at radius 3 is 3.09 bits per heavy atom. The van der Waals surface area contributed by atoms with Crippen molar-refractivity contribution in [1.29, 1.82) is 0 Å². The van der Waals surface area contributed by atoms with Crippen LogP contribution in [0.25, 0.3) is 0 Å². The molecule has 0 aliphatic carbocycles. The van der Waals surface area contributed by atoms with Crippen LogP contribution in [0, 0.1) is 0 Å². The van der Waals surface area contributed by atoms with Gasteiger partial charge in [-0.2, -0.15) is 0 Å². The van der Waals surface area contributed by atoms with Crippen molar-refractivity contribution in [3.8, 4) is 0 Å². The summed E-state index contributed by atoms with van der Waals surface area (Å²) in [6.45, 7) is 5.63. The van der Waals surface area contributed by atoms with Crippen LogP contribution in [-0.4, -0.2) is 44.5 Å². The molecule has 0 N–H and O–H groups in total. The number of likely N-dealkylation sites (N-methyl/N-ethyl adjacent to an activating group) is 1. The summed E-state index contributed by atoms with van der Waals surface area (Å²) in [6.07, 6.45) is 1.02. The van der Waals surface area contributed by atoms with E-state index in [1.807, 2.05) is 6.92 Å². The minimum Gasteiger partial charge on any atom is -0.353 e. The molecule has 1 aliphatic rings. The summed E-state index contributed by atoms with van der Waals surface area (Å²) in [5, 5.41) is 0. The molecular weight excluding hydrogens is 142 g/mol. The highest BCUT2D eigenvalue weighted by Gasteiger charge is 2.13. The van der Waals surface area contributed by atoms with Gasteiger partial charge in [0, 0.05) is 26.1 Å². The van der Waals surface area contributed by atoms with Crippen LogP contribution in [0.3, 0.4) is 0 Å². The summed E-state index contributed by atoms with van der Waals surface area (Å²) >= 11 is 0. The van der Waals surface area contributed by atoms with E-state index in [9.17, 15) is 0 Å². The van der Waals surface area contributed by atoms with E-state index >= 15 is 0 Å². The first kappa shape index (κ1) is 8.97. The molecule has 1 aliphatic heterocycles. The predicted octanol–water partition coefficient (Wildman–Crippen LogP) is 0.701. The molecule has 0 spiro atoms. The van der Waals surface area contributed by atoms with Crippen molar-refractivity contribution in [2.45, 2.75) is 19.6 Å². The second-order valence-electron chi connectivity index (χ2n) is 2.85. The van der Waals surface area contributed by atoms with Gasteiger partial charge in [-0.15, -0.1) is 0 Å². The standard InChI is InChI=1S/C8H17NO2/c1-3-10-8-4-5-9(2)6-7-11-8/h8H,3-7H2,1-2H3. The molecule has 0 aromatic rings. The maximum Gasteiger partial charge on any atom is 0.158 e. The van der Waals surface area contributed by atoms with E-state index in [2.05, 4.69) is 11.9 Å². The normalized spacial score (nSPS) is 28.4. The Hall–Kier alpha value is -0.120. The molecule has 1 saturated heterocycles. The SMILES string of the molecule is CCOC1CCN(C)CCO1. The van der Waals surface area contributed by atoms with Crippen LogP contribution in [-0.2, 0) is 9.47 Å². The lowest BCUT2D eigenvalue weighted by atomic mass is 10.4. The van der Waals surface area contributed by atoms with Crippen LogP contribution in [0.15, 0.2) is 0 Å². The Kier molecular flexibility index (Phi) is 3.83. The first-order valence-corrected chi connectivity index (χ1v) is 4.24. The second-order valence-corrected chi connectivity index (χ2v) is 2.85. The summed E-state index contributed by atoms with van der Waals surface area (Å²) in [5.41, 5.74) is 0. The van der Waals surface area contributed by atoms with Gasteiger partial charge in [0.15, 0.2) is 6.29 Å². The third-order valence-electron chi connectivity index (χ3n) is 1.88. The molecule has 3 heteroatoms. The Morgan fingerprint density at radius 1 is 1.55 bits per heavy atom. The first-order valence-electron chi connectivity index (χ1n) is 4.24. The highest BCUT2D eigenvalue weighted by atomic mass is 16.7. The van der Waals surface area contributed by atoms with Gasteiger partial charge in [0.25, 0.3) is 0 Å². The minimum atomic E-state index is 0.0324. The summed E-state index contributed by atoms with van der Waals surface area (Å²) < 4.78 is 10.8. The fourth-order valence-corrected chi connectivity index (χ4v) is 1.18. The molecule has 1 rings (SSSR count). The van der Waals surface area contributed by atoms with Crippen molar-refractivity contribution >= 4 is 0 Å². The Bertz CT molecular complexity index is 108. The lowest BCUT2D eigenvalue weighted by Crippen LogP contribution is -2.21. The highest BCUT2D eigenvalue weighted by molar-refractivity contribution is 4.58. The third kappa shape index (κ3) is 3.18. The Morgan fingerprint density at radius 2 is 2.36 bits per heavy atom. The van der Waals surface area contributed by atoms with E-state index in [0.717, 1.165) is 32.7 Å². The average molecular weight is 159 g/mol. The Labute approximate surface area is 68.3 Å². The van der Waals surface area contributed by atoms with Crippen molar-refractivity contribution in [3.63, 3.8) is 0 Å². The molecule has 1 heterocycles. The molecule has 1 unspecified atom stereocenters. The molecule has 0 saturated carbocycles. The predicted molar refractivity (Wildman–Crippen MR) is 43.5 cm³/mol. The van der Waals surface area contributed by atoms with Crippen LogP contribution >= 0.6 is 0 Å². The van der Waals surface area contributed by atoms with Crippen molar-refractivity contribution in [2.24, 2.45) is 0 Å². The summed E-state index contributed by atoms with van der Waals surface area (Å²) in [7, 11) is 2.11. The van der Waals surface area contributed by atoms with Crippen LogP contribution in [0.2, 0.25) is 0 Å². The lowest BCUT2D eigenvalue weighted by Gasteiger charge is -2.13. The molecule has 66 valence electrons. The molecule has 11 heavy (non-hydrogen) atoms. The summed E-state index contributed by atoms with van der Waals surface area (Å²) in [6, 6.07) is 0. The largest absolute Gasteiger partial charge is 0.353 e. The van der Waals surface area contributed by atoms with Crippen molar-refractivity contribution in [3.05, 3.63) is 0 Å². The molecular formula is C8H17NO2. The zero-order valence-electron chi connectivity index (χ0n) is 7.38. The van der Waals surface area contributed by atoms with Crippen molar-refractivity contribution in [1.82, 2.24) is 4.90 Å². The average Bonchev–Trinajstić information content (AvgIpc) is 2.17. The molecule has 0 aromatic heterocycles. The second kappa shape index (κ2) is 4.70. The van der Waals surface area contributed by atoms with Gasteiger partial charge in [-0.1, -0.05) is 0 Å². The minimum absolute atomic E-state index is 0.0324. The van der Waals surface area contributed by atoms with Gasteiger partial charge in [0.1, 0.15) is 0 Å². The molecule has 1 fully saturated rings. The zero-order chi connectivity index (χ0) is 8.10.